The lowest BCUT2D eigenvalue weighted by molar-refractivity contribution is -0.120. The van der Waals surface area contributed by atoms with E-state index in [0.717, 1.165) is 45.4 Å². The molecule has 2 aromatic carbocycles. The largest absolute Gasteiger partial charge is 0.377 e. The number of hydrogen-bond acceptors (Lipinski definition) is 5. The van der Waals surface area contributed by atoms with E-state index in [1.165, 1.54) is 5.56 Å². The number of nitrogens with zero attached hydrogens (tertiary/aromatic N) is 2. The summed E-state index contributed by atoms with van der Waals surface area (Å²) >= 11 is 0.913. The fourth-order valence-electron chi connectivity index (χ4n) is 4.81. The summed E-state index contributed by atoms with van der Waals surface area (Å²) in [5.41, 5.74) is 6.95. The minimum absolute atomic E-state index is 0.0535. The van der Waals surface area contributed by atoms with Crippen molar-refractivity contribution in [3.8, 4) is 11.1 Å². The molecule has 0 aromatic heterocycles. The summed E-state index contributed by atoms with van der Waals surface area (Å²) in [5.74, 6) is -0.228. The second-order valence-electron chi connectivity index (χ2n) is 10.1. The molecule has 0 atom stereocenters. The topological polar surface area (TPSA) is 69.7 Å². The summed E-state index contributed by atoms with van der Waals surface area (Å²) in [7, 11) is 3.99. The van der Waals surface area contributed by atoms with Crippen LogP contribution in [-0.4, -0.2) is 37.2 Å². The molecule has 2 aliphatic heterocycles. The zero-order valence-corrected chi connectivity index (χ0v) is 21.6. The minimum Gasteiger partial charge on any atom is -0.377 e. The number of carbonyl (C=O) groups excluding carboxylic acids is 3. The number of benzene rings is 2. The molecule has 34 heavy (non-hydrogen) atoms. The van der Waals surface area contributed by atoms with Crippen molar-refractivity contribution < 1.29 is 14.4 Å². The number of thioether (sulfide) groups is 1. The van der Waals surface area contributed by atoms with E-state index >= 15 is 0 Å². The molecule has 6 nitrogen and oxygen atoms in total. The van der Waals surface area contributed by atoms with Gasteiger partial charge in [0, 0.05) is 48.9 Å². The maximum atomic E-state index is 13.1. The van der Waals surface area contributed by atoms with E-state index in [2.05, 4.69) is 43.1 Å². The zero-order valence-electron chi connectivity index (χ0n) is 20.8. The molecule has 0 bridgehead atoms. The Morgan fingerprint density at radius 2 is 1.79 bits per heavy atom. The number of rotatable bonds is 4. The number of hydrogen-bond donors (Lipinski definition) is 1. The number of aryl methyl sites for hydroxylation is 1. The zero-order chi connectivity index (χ0) is 24.9. The van der Waals surface area contributed by atoms with Crippen LogP contribution < -0.4 is 15.1 Å². The Morgan fingerprint density at radius 3 is 2.38 bits per heavy atom. The Morgan fingerprint density at radius 1 is 1.09 bits per heavy atom. The third kappa shape index (κ3) is 4.25. The van der Waals surface area contributed by atoms with Crippen LogP contribution in [0.4, 0.5) is 16.2 Å². The van der Waals surface area contributed by atoms with Crippen LogP contribution in [0.15, 0.2) is 35.2 Å². The number of anilines is 2. The lowest BCUT2D eigenvalue weighted by Crippen LogP contribution is -2.45. The van der Waals surface area contributed by atoms with Gasteiger partial charge in [-0.1, -0.05) is 26.0 Å². The first-order chi connectivity index (χ1) is 15.9. The van der Waals surface area contributed by atoms with Crippen LogP contribution in [0, 0.1) is 6.92 Å². The summed E-state index contributed by atoms with van der Waals surface area (Å²) in [6.45, 7) is 10.5. The molecule has 1 fully saturated rings. The molecular weight excluding hydrogens is 446 g/mol. The van der Waals surface area contributed by atoms with Crippen molar-refractivity contribution in [2.45, 2.75) is 52.5 Å². The highest BCUT2D eigenvalue weighted by Gasteiger charge is 2.38. The Hall–Kier alpha value is -3.06. The molecule has 2 aromatic rings. The normalized spacial score (nSPS) is 18.5. The Labute approximate surface area is 205 Å². The van der Waals surface area contributed by atoms with Gasteiger partial charge in [-0.3, -0.25) is 19.7 Å². The molecule has 178 valence electrons. The first-order valence-electron chi connectivity index (χ1n) is 11.4. The van der Waals surface area contributed by atoms with Crippen LogP contribution in [0.3, 0.4) is 0 Å². The van der Waals surface area contributed by atoms with Gasteiger partial charge in [0.05, 0.1) is 4.91 Å². The smallest absolute Gasteiger partial charge is 0.290 e. The van der Waals surface area contributed by atoms with Crippen molar-refractivity contribution in [3.05, 3.63) is 51.9 Å². The number of carbonyl (C=O) groups is 3. The summed E-state index contributed by atoms with van der Waals surface area (Å²) in [4.78, 5) is 41.1. The standard InChI is InChI=1S/C27H31N3O3S/c1-15(2)30-22-13-18(16(3)10-20(22)27(4,5)14-24(30)31)19-11-17(8-9-21(19)29(6)7)12-23-25(32)28-26(33)34-23/h8-13,15H,14H2,1-7H3,(H,28,32,33)/b23-12-. The second kappa shape index (κ2) is 8.62. The minimum atomic E-state index is -0.369. The van der Waals surface area contributed by atoms with E-state index in [-0.39, 0.29) is 28.5 Å². The van der Waals surface area contributed by atoms with Gasteiger partial charge in [-0.05, 0) is 79.1 Å². The number of amides is 3. The molecule has 2 heterocycles. The van der Waals surface area contributed by atoms with Crippen molar-refractivity contribution in [2.24, 2.45) is 0 Å². The maximum Gasteiger partial charge on any atom is 0.290 e. The van der Waals surface area contributed by atoms with E-state index in [1.807, 2.05) is 51.0 Å². The molecule has 0 spiro atoms. The highest BCUT2D eigenvalue weighted by atomic mass is 32.2. The average molecular weight is 478 g/mol. The van der Waals surface area contributed by atoms with E-state index in [4.69, 9.17) is 0 Å². The predicted octanol–water partition coefficient (Wildman–Crippen LogP) is 5.47. The van der Waals surface area contributed by atoms with Gasteiger partial charge in [0.15, 0.2) is 0 Å². The van der Waals surface area contributed by atoms with Crippen LogP contribution in [0.25, 0.3) is 17.2 Å². The molecule has 2 aliphatic rings. The molecule has 1 saturated heterocycles. The third-order valence-corrected chi connectivity index (χ3v) is 7.25. The van der Waals surface area contributed by atoms with Crippen LogP contribution in [0.2, 0.25) is 0 Å². The van der Waals surface area contributed by atoms with Crippen LogP contribution in [0.5, 0.6) is 0 Å². The van der Waals surface area contributed by atoms with E-state index < -0.39 is 0 Å². The average Bonchev–Trinajstić information content (AvgIpc) is 3.03. The molecule has 7 heteroatoms. The van der Waals surface area contributed by atoms with Crippen molar-refractivity contribution in [2.75, 3.05) is 23.9 Å². The van der Waals surface area contributed by atoms with Gasteiger partial charge >= 0.3 is 0 Å². The monoisotopic (exact) mass is 477 g/mol. The van der Waals surface area contributed by atoms with Gasteiger partial charge in [0.1, 0.15) is 0 Å². The quantitative estimate of drug-likeness (QED) is 0.591. The third-order valence-electron chi connectivity index (χ3n) is 6.44. The summed E-state index contributed by atoms with van der Waals surface area (Å²) in [6.07, 6.45) is 2.23. The van der Waals surface area contributed by atoms with Gasteiger partial charge in [-0.15, -0.1) is 0 Å². The summed E-state index contributed by atoms with van der Waals surface area (Å²) < 4.78 is 0. The van der Waals surface area contributed by atoms with E-state index in [9.17, 15) is 14.4 Å². The second-order valence-corrected chi connectivity index (χ2v) is 11.1. The Kier molecular flexibility index (Phi) is 6.10. The molecule has 0 saturated carbocycles. The lowest BCUT2D eigenvalue weighted by atomic mass is 9.75. The predicted molar refractivity (Wildman–Crippen MR) is 140 cm³/mol. The molecule has 0 aliphatic carbocycles. The number of nitrogens with one attached hydrogen (secondary N) is 1. The fraction of sp³-hybridized carbons (Fsp3) is 0.370. The lowest BCUT2D eigenvalue weighted by Gasteiger charge is -2.41. The highest BCUT2D eigenvalue weighted by molar-refractivity contribution is 8.18. The molecular formula is C27H31N3O3S. The molecule has 3 amide bonds. The van der Waals surface area contributed by atoms with Crippen molar-refractivity contribution >= 4 is 46.3 Å². The first-order valence-corrected chi connectivity index (χ1v) is 12.2. The fourth-order valence-corrected chi connectivity index (χ4v) is 5.49. The Bertz CT molecular complexity index is 1240. The van der Waals surface area contributed by atoms with Crippen LogP contribution >= 0.6 is 11.8 Å². The van der Waals surface area contributed by atoms with Gasteiger partial charge in [0.25, 0.3) is 11.1 Å². The van der Waals surface area contributed by atoms with Gasteiger partial charge < -0.3 is 9.80 Å². The molecule has 4 rings (SSSR count). The Balaban J connectivity index is 1.92. The van der Waals surface area contributed by atoms with Crippen LogP contribution in [-0.2, 0) is 15.0 Å². The number of fused-ring (bicyclic) bond motifs is 1. The first kappa shape index (κ1) is 24.1. The van der Waals surface area contributed by atoms with Gasteiger partial charge in [0.2, 0.25) is 5.91 Å². The van der Waals surface area contributed by atoms with Crippen LogP contribution in [0.1, 0.15) is 50.8 Å². The molecule has 1 N–H and O–H groups in total. The van der Waals surface area contributed by atoms with Crippen molar-refractivity contribution in [1.29, 1.82) is 0 Å². The van der Waals surface area contributed by atoms with Crippen molar-refractivity contribution in [1.82, 2.24) is 5.32 Å². The van der Waals surface area contributed by atoms with E-state index in [0.29, 0.717) is 11.3 Å². The van der Waals surface area contributed by atoms with Gasteiger partial charge in [-0.25, -0.2) is 0 Å². The summed E-state index contributed by atoms with van der Waals surface area (Å²) in [6, 6.07) is 10.4. The molecule has 0 radical (unpaired) electrons. The van der Waals surface area contributed by atoms with Gasteiger partial charge in [-0.2, -0.15) is 0 Å². The maximum absolute atomic E-state index is 13.1. The van der Waals surface area contributed by atoms with Crippen molar-refractivity contribution in [3.63, 3.8) is 0 Å². The SMILES string of the molecule is Cc1cc2c(cc1-c1cc(/C=C3\SC(=O)NC3=O)ccc1N(C)C)N(C(C)C)C(=O)CC2(C)C. The summed E-state index contributed by atoms with van der Waals surface area (Å²) in [5, 5.41) is 1.95. The number of imide groups is 1. The highest BCUT2D eigenvalue weighted by Crippen LogP contribution is 2.45. The van der Waals surface area contributed by atoms with E-state index in [1.54, 1.807) is 6.08 Å². The molecule has 0 unspecified atom stereocenters.